The minimum atomic E-state index is -0.815. The molecule has 17 heavy (non-hydrogen) atoms. The molecule has 0 amide bonds. The van der Waals surface area contributed by atoms with Gasteiger partial charge in [0.15, 0.2) is 0 Å². The average molecular weight is 240 g/mol. The molecule has 0 aliphatic rings. The lowest BCUT2D eigenvalue weighted by Gasteiger charge is -2.24. The topological polar surface area (TPSA) is 65.7 Å². The molecule has 5 heteroatoms. The molecule has 0 aliphatic heterocycles. The number of carboxylic acid groups (broad SMARTS) is 1. The number of hydrogen-bond acceptors (Lipinski definition) is 4. The van der Waals surface area contributed by atoms with Crippen molar-refractivity contribution in [2.75, 3.05) is 20.6 Å². The minimum absolute atomic E-state index is 0.0402. The largest absolute Gasteiger partial charge is 0.480 e. The highest BCUT2D eigenvalue weighted by Gasteiger charge is 2.20. The number of nitrogens with one attached hydrogen (secondary N) is 1. The van der Waals surface area contributed by atoms with E-state index in [1.54, 1.807) is 6.26 Å². The number of carbonyl (C=O) groups is 1. The minimum Gasteiger partial charge on any atom is -0.480 e. The Morgan fingerprint density at radius 3 is 2.71 bits per heavy atom. The molecule has 0 saturated carbocycles. The van der Waals surface area contributed by atoms with E-state index in [1.165, 1.54) is 0 Å². The van der Waals surface area contributed by atoms with Crippen LogP contribution >= 0.6 is 0 Å². The van der Waals surface area contributed by atoms with Crippen molar-refractivity contribution in [3.05, 3.63) is 24.2 Å². The molecule has 5 nitrogen and oxygen atoms in total. The monoisotopic (exact) mass is 240 g/mol. The van der Waals surface area contributed by atoms with Crippen LogP contribution in [0.25, 0.3) is 0 Å². The number of aliphatic carboxylic acids is 1. The van der Waals surface area contributed by atoms with Gasteiger partial charge in [-0.1, -0.05) is 6.92 Å². The van der Waals surface area contributed by atoms with Crippen LogP contribution in [0, 0.1) is 0 Å². The van der Waals surface area contributed by atoms with Gasteiger partial charge in [0, 0.05) is 6.54 Å². The third-order valence-electron chi connectivity index (χ3n) is 2.76. The lowest BCUT2D eigenvalue weighted by molar-refractivity contribution is -0.139. The van der Waals surface area contributed by atoms with Crippen molar-refractivity contribution < 1.29 is 14.3 Å². The normalized spacial score (nSPS) is 14.8. The van der Waals surface area contributed by atoms with E-state index in [0.29, 0.717) is 13.0 Å². The van der Waals surface area contributed by atoms with E-state index in [1.807, 2.05) is 38.1 Å². The Labute approximate surface area is 101 Å². The van der Waals surface area contributed by atoms with Gasteiger partial charge in [-0.15, -0.1) is 0 Å². The van der Waals surface area contributed by atoms with Crippen molar-refractivity contribution in [1.29, 1.82) is 0 Å². The lowest BCUT2D eigenvalue weighted by atomic mass is 10.1. The fraction of sp³-hybridized carbons (Fsp3) is 0.583. The first kappa shape index (κ1) is 13.7. The van der Waals surface area contributed by atoms with Crippen LogP contribution in [-0.2, 0) is 4.79 Å². The highest BCUT2D eigenvalue weighted by molar-refractivity contribution is 5.73. The molecule has 0 spiro atoms. The molecule has 2 N–H and O–H groups in total. The van der Waals surface area contributed by atoms with Gasteiger partial charge >= 0.3 is 5.97 Å². The molecular formula is C12H20N2O3. The highest BCUT2D eigenvalue weighted by atomic mass is 16.4. The van der Waals surface area contributed by atoms with Crippen LogP contribution in [-0.4, -0.2) is 42.7 Å². The van der Waals surface area contributed by atoms with Gasteiger partial charge < -0.3 is 14.8 Å². The highest BCUT2D eigenvalue weighted by Crippen LogP contribution is 2.17. The molecule has 0 saturated heterocycles. The Hall–Kier alpha value is -1.33. The van der Waals surface area contributed by atoms with Gasteiger partial charge in [0.05, 0.1) is 12.3 Å². The Morgan fingerprint density at radius 2 is 2.29 bits per heavy atom. The second-order valence-corrected chi connectivity index (χ2v) is 4.20. The van der Waals surface area contributed by atoms with E-state index >= 15 is 0 Å². The molecule has 1 aromatic rings. The van der Waals surface area contributed by atoms with Gasteiger partial charge in [-0.2, -0.15) is 0 Å². The zero-order chi connectivity index (χ0) is 12.8. The number of rotatable bonds is 7. The zero-order valence-corrected chi connectivity index (χ0v) is 10.5. The van der Waals surface area contributed by atoms with Gasteiger partial charge in [0.2, 0.25) is 0 Å². The van der Waals surface area contributed by atoms with Crippen LogP contribution in [0.15, 0.2) is 22.8 Å². The molecule has 1 aromatic heterocycles. The van der Waals surface area contributed by atoms with Crippen molar-refractivity contribution >= 4 is 5.97 Å². The van der Waals surface area contributed by atoms with E-state index in [9.17, 15) is 4.79 Å². The van der Waals surface area contributed by atoms with Crippen LogP contribution in [0.1, 0.15) is 25.1 Å². The van der Waals surface area contributed by atoms with E-state index in [4.69, 9.17) is 9.52 Å². The van der Waals surface area contributed by atoms with Crippen molar-refractivity contribution in [2.45, 2.75) is 25.4 Å². The van der Waals surface area contributed by atoms with Crippen LogP contribution in [0.4, 0.5) is 0 Å². The second-order valence-electron chi connectivity index (χ2n) is 4.20. The Balaban J connectivity index is 2.60. The third kappa shape index (κ3) is 3.87. The molecule has 2 unspecified atom stereocenters. The molecule has 1 rings (SSSR count). The van der Waals surface area contributed by atoms with E-state index in [-0.39, 0.29) is 6.04 Å². The van der Waals surface area contributed by atoms with E-state index in [0.717, 1.165) is 5.76 Å². The van der Waals surface area contributed by atoms with Crippen LogP contribution in [0.2, 0.25) is 0 Å². The SMILES string of the molecule is CCC(NCC(c1ccco1)N(C)C)C(=O)O. The molecule has 0 radical (unpaired) electrons. The van der Waals surface area contributed by atoms with Gasteiger partial charge in [-0.25, -0.2) is 0 Å². The summed E-state index contributed by atoms with van der Waals surface area (Å²) in [4.78, 5) is 12.9. The van der Waals surface area contributed by atoms with Gasteiger partial charge in [-0.3, -0.25) is 9.69 Å². The summed E-state index contributed by atoms with van der Waals surface area (Å²) in [5, 5.41) is 12.0. The Morgan fingerprint density at radius 1 is 1.59 bits per heavy atom. The van der Waals surface area contributed by atoms with Crippen molar-refractivity contribution in [3.63, 3.8) is 0 Å². The predicted molar refractivity (Wildman–Crippen MR) is 64.9 cm³/mol. The summed E-state index contributed by atoms with van der Waals surface area (Å²) >= 11 is 0. The fourth-order valence-electron chi connectivity index (χ4n) is 1.68. The fourth-order valence-corrected chi connectivity index (χ4v) is 1.68. The number of hydrogen-bond donors (Lipinski definition) is 2. The second kappa shape index (κ2) is 6.42. The predicted octanol–water partition coefficient (Wildman–Crippen LogP) is 1.34. The Bertz CT molecular complexity index is 336. The first-order valence-electron chi connectivity index (χ1n) is 5.72. The molecule has 0 bridgehead atoms. The van der Waals surface area contributed by atoms with Crippen LogP contribution in [0.5, 0.6) is 0 Å². The summed E-state index contributed by atoms with van der Waals surface area (Å²) in [5.74, 6) is 0.0205. The van der Waals surface area contributed by atoms with Crippen LogP contribution < -0.4 is 5.32 Å². The number of furan rings is 1. The average Bonchev–Trinajstić information content (AvgIpc) is 2.76. The first-order valence-corrected chi connectivity index (χ1v) is 5.72. The number of carboxylic acids is 1. The molecule has 0 aliphatic carbocycles. The zero-order valence-electron chi connectivity index (χ0n) is 10.5. The first-order chi connectivity index (χ1) is 8.06. The van der Waals surface area contributed by atoms with Gasteiger partial charge in [0.25, 0.3) is 0 Å². The van der Waals surface area contributed by atoms with Crippen LogP contribution in [0.3, 0.4) is 0 Å². The van der Waals surface area contributed by atoms with Gasteiger partial charge in [-0.05, 0) is 32.6 Å². The molecule has 2 atom stereocenters. The summed E-state index contributed by atoms with van der Waals surface area (Å²) in [6.45, 7) is 2.40. The maximum absolute atomic E-state index is 10.9. The number of nitrogens with zero attached hydrogens (tertiary/aromatic N) is 1. The summed E-state index contributed by atoms with van der Waals surface area (Å²) in [5.41, 5.74) is 0. The van der Waals surface area contributed by atoms with E-state index in [2.05, 4.69) is 5.32 Å². The molecule has 96 valence electrons. The maximum atomic E-state index is 10.9. The number of likely N-dealkylation sites (N-methyl/N-ethyl adjacent to an activating group) is 1. The molecule has 0 fully saturated rings. The molecule has 1 heterocycles. The molecule has 0 aromatic carbocycles. The quantitative estimate of drug-likeness (QED) is 0.752. The standard InChI is InChI=1S/C12H20N2O3/c1-4-9(12(15)16)13-8-10(14(2)3)11-6-5-7-17-11/h5-7,9-10,13H,4,8H2,1-3H3,(H,15,16). The Kier molecular flexibility index (Phi) is 5.18. The van der Waals surface area contributed by atoms with Gasteiger partial charge in [0.1, 0.15) is 11.8 Å². The third-order valence-corrected chi connectivity index (χ3v) is 2.76. The van der Waals surface area contributed by atoms with Crippen molar-refractivity contribution in [3.8, 4) is 0 Å². The summed E-state index contributed by atoms with van der Waals surface area (Å²) in [7, 11) is 3.88. The lowest BCUT2D eigenvalue weighted by Crippen LogP contribution is -2.41. The van der Waals surface area contributed by atoms with Crippen molar-refractivity contribution in [2.24, 2.45) is 0 Å². The molecular weight excluding hydrogens is 220 g/mol. The van der Waals surface area contributed by atoms with Crippen molar-refractivity contribution in [1.82, 2.24) is 10.2 Å². The summed E-state index contributed by atoms with van der Waals surface area (Å²) in [6, 6.07) is 3.26. The summed E-state index contributed by atoms with van der Waals surface area (Å²) < 4.78 is 5.35. The maximum Gasteiger partial charge on any atom is 0.320 e. The smallest absolute Gasteiger partial charge is 0.320 e. The summed E-state index contributed by atoms with van der Waals surface area (Å²) in [6.07, 6.45) is 2.19. The van der Waals surface area contributed by atoms with E-state index < -0.39 is 12.0 Å².